The fraction of sp³-hybridized carbons (Fsp3) is 0.929. The standard InChI is InChI=1S/C14H26N2S/c1-10-7-5-4-6-8-13(10)16-14-15-12(3)11(2)9-17-14/h10-13H,4-9H2,1-3H3,(H,15,16). The van der Waals surface area contributed by atoms with Gasteiger partial charge in [-0.2, -0.15) is 0 Å². The molecule has 1 aliphatic carbocycles. The van der Waals surface area contributed by atoms with Gasteiger partial charge in [0.15, 0.2) is 5.17 Å². The summed E-state index contributed by atoms with van der Waals surface area (Å²) in [6.07, 6.45) is 6.81. The minimum Gasteiger partial charge on any atom is -0.362 e. The second-order valence-corrected chi connectivity index (χ2v) is 6.85. The van der Waals surface area contributed by atoms with E-state index in [0.717, 1.165) is 11.8 Å². The Hall–Kier alpha value is -0.180. The van der Waals surface area contributed by atoms with Crippen molar-refractivity contribution in [1.82, 2.24) is 5.32 Å². The van der Waals surface area contributed by atoms with Gasteiger partial charge < -0.3 is 5.32 Å². The van der Waals surface area contributed by atoms with Gasteiger partial charge in [-0.05, 0) is 31.6 Å². The van der Waals surface area contributed by atoms with E-state index in [-0.39, 0.29) is 0 Å². The molecule has 0 amide bonds. The lowest BCUT2D eigenvalue weighted by Gasteiger charge is -2.29. The van der Waals surface area contributed by atoms with Gasteiger partial charge in [-0.3, -0.25) is 4.99 Å². The summed E-state index contributed by atoms with van der Waals surface area (Å²) in [5.41, 5.74) is 0. The monoisotopic (exact) mass is 254 g/mol. The van der Waals surface area contributed by atoms with E-state index in [4.69, 9.17) is 4.99 Å². The highest BCUT2D eigenvalue weighted by atomic mass is 32.2. The molecule has 98 valence electrons. The van der Waals surface area contributed by atoms with Gasteiger partial charge in [0, 0.05) is 11.8 Å². The van der Waals surface area contributed by atoms with Gasteiger partial charge in [0.1, 0.15) is 0 Å². The normalized spacial score (nSPS) is 41.9. The maximum atomic E-state index is 4.99. The summed E-state index contributed by atoms with van der Waals surface area (Å²) in [7, 11) is 0. The van der Waals surface area contributed by atoms with Gasteiger partial charge in [0.25, 0.3) is 0 Å². The van der Waals surface area contributed by atoms with E-state index in [2.05, 4.69) is 26.1 Å². The molecule has 2 fully saturated rings. The van der Waals surface area contributed by atoms with Gasteiger partial charge >= 0.3 is 0 Å². The quantitative estimate of drug-likeness (QED) is 0.722. The smallest absolute Gasteiger partial charge is 0.157 e. The third-order valence-corrected chi connectivity index (χ3v) is 5.48. The van der Waals surface area contributed by atoms with E-state index in [9.17, 15) is 0 Å². The molecule has 0 radical (unpaired) electrons. The fourth-order valence-corrected chi connectivity index (χ4v) is 3.81. The molecule has 1 saturated carbocycles. The van der Waals surface area contributed by atoms with Crippen LogP contribution in [0.4, 0.5) is 0 Å². The molecule has 1 N–H and O–H groups in total. The average molecular weight is 254 g/mol. The van der Waals surface area contributed by atoms with Crippen molar-refractivity contribution >= 4 is 16.9 Å². The van der Waals surface area contributed by atoms with Gasteiger partial charge in [0.05, 0.1) is 6.04 Å². The lowest BCUT2D eigenvalue weighted by atomic mass is 9.98. The Morgan fingerprint density at radius 3 is 2.59 bits per heavy atom. The highest BCUT2D eigenvalue weighted by Gasteiger charge is 2.24. The largest absolute Gasteiger partial charge is 0.362 e. The minimum absolute atomic E-state index is 0.563. The Balaban J connectivity index is 1.97. The molecule has 0 aromatic heterocycles. The van der Waals surface area contributed by atoms with E-state index >= 15 is 0 Å². The summed E-state index contributed by atoms with van der Waals surface area (Å²) in [5, 5.41) is 4.77. The SMILES string of the molecule is CC1CCCCCC1N=C1NC(C)C(C)CS1. The van der Waals surface area contributed by atoms with Crippen molar-refractivity contribution in [2.24, 2.45) is 16.8 Å². The summed E-state index contributed by atoms with van der Waals surface area (Å²) < 4.78 is 0. The summed E-state index contributed by atoms with van der Waals surface area (Å²) in [6, 6.07) is 1.14. The van der Waals surface area contributed by atoms with Gasteiger partial charge in [-0.25, -0.2) is 0 Å². The second-order valence-electron chi connectivity index (χ2n) is 5.84. The maximum Gasteiger partial charge on any atom is 0.157 e. The van der Waals surface area contributed by atoms with Crippen LogP contribution < -0.4 is 5.32 Å². The Labute approximate surface area is 110 Å². The molecule has 2 aliphatic rings. The van der Waals surface area contributed by atoms with Crippen molar-refractivity contribution in [2.45, 2.75) is 65.0 Å². The first-order valence-electron chi connectivity index (χ1n) is 7.14. The summed E-state index contributed by atoms with van der Waals surface area (Å²) >= 11 is 1.92. The first kappa shape index (κ1) is 13.3. The number of nitrogens with zero attached hydrogens (tertiary/aromatic N) is 1. The second kappa shape index (κ2) is 6.12. The van der Waals surface area contributed by atoms with E-state index < -0.39 is 0 Å². The van der Waals surface area contributed by atoms with Crippen molar-refractivity contribution in [3.8, 4) is 0 Å². The Kier molecular flexibility index (Phi) is 4.78. The molecule has 2 rings (SSSR count). The first-order chi connectivity index (χ1) is 8.16. The van der Waals surface area contributed by atoms with E-state index in [1.807, 2.05) is 11.8 Å². The number of aliphatic imine (C=N–C) groups is 1. The lowest BCUT2D eigenvalue weighted by Crippen LogP contribution is -2.42. The van der Waals surface area contributed by atoms with Gasteiger partial charge in [-0.1, -0.05) is 44.9 Å². The molecule has 1 aliphatic heterocycles. The van der Waals surface area contributed by atoms with Gasteiger partial charge in [0.2, 0.25) is 0 Å². The molecule has 1 heterocycles. The highest BCUT2D eigenvalue weighted by Crippen LogP contribution is 2.27. The molecular weight excluding hydrogens is 228 g/mol. The van der Waals surface area contributed by atoms with Crippen LogP contribution >= 0.6 is 11.8 Å². The van der Waals surface area contributed by atoms with Crippen molar-refractivity contribution in [3.05, 3.63) is 0 Å². The zero-order valence-electron chi connectivity index (χ0n) is 11.4. The maximum absolute atomic E-state index is 4.99. The third kappa shape index (κ3) is 3.64. The Morgan fingerprint density at radius 2 is 1.82 bits per heavy atom. The topological polar surface area (TPSA) is 24.4 Å². The molecule has 3 heteroatoms. The summed E-state index contributed by atoms with van der Waals surface area (Å²) in [4.78, 5) is 4.99. The Bertz CT molecular complexity index is 277. The molecular formula is C14H26N2S. The van der Waals surface area contributed by atoms with Crippen LogP contribution in [-0.2, 0) is 0 Å². The molecule has 0 spiro atoms. The third-order valence-electron chi connectivity index (χ3n) is 4.29. The predicted octanol–water partition coefficient (Wildman–Crippen LogP) is 3.67. The molecule has 0 aromatic carbocycles. The van der Waals surface area contributed by atoms with E-state index in [1.165, 1.54) is 43.0 Å². The molecule has 17 heavy (non-hydrogen) atoms. The van der Waals surface area contributed by atoms with Crippen LogP contribution in [0.2, 0.25) is 0 Å². The van der Waals surface area contributed by atoms with Crippen LogP contribution in [0.15, 0.2) is 4.99 Å². The van der Waals surface area contributed by atoms with Crippen molar-refractivity contribution in [3.63, 3.8) is 0 Å². The summed E-state index contributed by atoms with van der Waals surface area (Å²) in [6.45, 7) is 6.96. The molecule has 1 saturated heterocycles. The van der Waals surface area contributed by atoms with Crippen LogP contribution in [-0.4, -0.2) is 23.0 Å². The highest BCUT2D eigenvalue weighted by molar-refractivity contribution is 8.13. The van der Waals surface area contributed by atoms with Crippen LogP contribution in [0.1, 0.15) is 52.9 Å². The number of hydrogen-bond donors (Lipinski definition) is 1. The summed E-state index contributed by atoms with van der Waals surface area (Å²) in [5.74, 6) is 2.74. The van der Waals surface area contributed by atoms with Crippen LogP contribution in [0.3, 0.4) is 0 Å². The van der Waals surface area contributed by atoms with Crippen molar-refractivity contribution in [1.29, 1.82) is 0 Å². The van der Waals surface area contributed by atoms with E-state index in [0.29, 0.717) is 12.1 Å². The Morgan fingerprint density at radius 1 is 1.06 bits per heavy atom. The molecule has 0 aromatic rings. The van der Waals surface area contributed by atoms with Crippen LogP contribution in [0.5, 0.6) is 0 Å². The number of nitrogens with one attached hydrogen (secondary N) is 1. The van der Waals surface area contributed by atoms with Crippen molar-refractivity contribution in [2.75, 3.05) is 5.75 Å². The molecule has 0 bridgehead atoms. The zero-order valence-corrected chi connectivity index (χ0v) is 12.2. The van der Waals surface area contributed by atoms with Gasteiger partial charge in [-0.15, -0.1) is 0 Å². The number of rotatable bonds is 1. The fourth-order valence-electron chi connectivity index (χ4n) is 2.62. The lowest BCUT2D eigenvalue weighted by molar-refractivity contribution is 0.430. The number of amidine groups is 1. The molecule has 4 atom stereocenters. The first-order valence-corrected chi connectivity index (χ1v) is 8.12. The average Bonchev–Trinajstić information content (AvgIpc) is 2.50. The number of thioether (sulfide) groups is 1. The zero-order chi connectivity index (χ0) is 12.3. The minimum atomic E-state index is 0.563. The molecule has 2 nitrogen and oxygen atoms in total. The van der Waals surface area contributed by atoms with E-state index in [1.54, 1.807) is 0 Å². The van der Waals surface area contributed by atoms with Crippen molar-refractivity contribution < 1.29 is 0 Å². The van der Waals surface area contributed by atoms with Crippen LogP contribution in [0.25, 0.3) is 0 Å². The molecule has 4 unspecified atom stereocenters. The predicted molar refractivity (Wildman–Crippen MR) is 77.7 cm³/mol. The number of hydrogen-bond acceptors (Lipinski definition) is 2. The van der Waals surface area contributed by atoms with Crippen LogP contribution in [0, 0.1) is 11.8 Å².